The van der Waals surface area contributed by atoms with E-state index in [1.807, 2.05) is 0 Å². The predicted octanol–water partition coefficient (Wildman–Crippen LogP) is 2.76. The molecule has 2 rings (SSSR count). The third kappa shape index (κ3) is 3.01. The standard InChI is InChI=1S/C11H9BrN4O2/c12-10-2-1-9(16(17)18)5-11(10)14-6-8-3-4-13-7-15-8/h1-5,7,14H,6H2. The van der Waals surface area contributed by atoms with Crippen LogP contribution in [-0.4, -0.2) is 14.9 Å². The van der Waals surface area contributed by atoms with Gasteiger partial charge in [-0.3, -0.25) is 10.1 Å². The van der Waals surface area contributed by atoms with Gasteiger partial charge in [0.1, 0.15) is 6.33 Å². The largest absolute Gasteiger partial charge is 0.378 e. The van der Waals surface area contributed by atoms with Gasteiger partial charge in [0, 0.05) is 22.8 Å². The fraction of sp³-hybridized carbons (Fsp3) is 0.0909. The van der Waals surface area contributed by atoms with E-state index in [9.17, 15) is 10.1 Å². The molecule has 18 heavy (non-hydrogen) atoms. The summed E-state index contributed by atoms with van der Waals surface area (Å²) >= 11 is 3.34. The molecule has 0 saturated heterocycles. The highest BCUT2D eigenvalue weighted by molar-refractivity contribution is 9.10. The first-order chi connectivity index (χ1) is 8.66. The predicted molar refractivity (Wildman–Crippen MR) is 70.2 cm³/mol. The first kappa shape index (κ1) is 12.4. The molecule has 0 aliphatic rings. The summed E-state index contributed by atoms with van der Waals surface area (Å²) in [7, 11) is 0. The molecule has 1 heterocycles. The molecule has 1 aromatic heterocycles. The average Bonchev–Trinajstić information content (AvgIpc) is 2.38. The topological polar surface area (TPSA) is 81.0 Å². The minimum absolute atomic E-state index is 0.0448. The third-order valence-electron chi connectivity index (χ3n) is 2.26. The number of rotatable bonds is 4. The van der Waals surface area contributed by atoms with E-state index in [4.69, 9.17) is 0 Å². The van der Waals surface area contributed by atoms with E-state index in [0.29, 0.717) is 12.2 Å². The van der Waals surface area contributed by atoms with E-state index in [1.165, 1.54) is 18.5 Å². The second-order valence-electron chi connectivity index (χ2n) is 3.48. The van der Waals surface area contributed by atoms with Crippen LogP contribution in [0.15, 0.2) is 41.3 Å². The molecular weight excluding hydrogens is 300 g/mol. The van der Waals surface area contributed by atoms with Gasteiger partial charge in [-0.15, -0.1) is 0 Å². The molecule has 0 aliphatic carbocycles. The Labute approximate surface area is 111 Å². The van der Waals surface area contributed by atoms with E-state index in [-0.39, 0.29) is 5.69 Å². The van der Waals surface area contributed by atoms with Crippen LogP contribution in [0.2, 0.25) is 0 Å². The van der Waals surface area contributed by atoms with Crippen molar-refractivity contribution in [2.45, 2.75) is 6.54 Å². The maximum absolute atomic E-state index is 10.7. The van der Waals surface area contributed by atoms with Crippen LogP contribution in [-0.2, 0) is 6.54 Å². The summed E-state index contributed by atoms with van der Waals surface area (Å²) in [5.74, 6) is 0. The number of aromatic nitrogens is 2. The van der Waals surface area contributed by atoms with Crippen molar-refractivity contribution in [2.75, 3.05) is 5.32 Å². The van der Waals surface area contributed by atoms with E-state index >= 15 is 0 Å². The van der Waals surface area contributed by atoms with Gasteiger partial charge in [-0.2, -0.15) is 0 Å². The normalized spacial score (nSPS) is 10.1. The molecule has 92 valence electrons. The minimum atomic E-state index is -0.428. The molecule has 1 aromatic carbocycles. The van der Waals surface area contributed by atoms with Crippen molar-refractivity contribution >= 4 is 27.3 Å². The summed E-state index contributed by atoms with van der Waals surface area (Å²) in [6.07, 6.45) is 3.10. The van der Waals surface area contributed by atoms with Gasteiger partial charge in [-0.25, -0.2) is 9.97 Å². The van der Waals surface area contributed by atoms with Crippen molar-refractivity contribution in [2.24, 2.45) is 0 Å². The Bertz CT molecular complexity index is 562. The molecule has 0 spiro atoms. The highest BCUT2D eigenvalue weighted by Crippen LogP contribution is 2.27. The molecule has 0 saturated carbocycles. The maximum atomic E-state index is 10.7. The van der Waals surface area contributed by atoms with Crippen molar-refractivity contribution in [3.05, 3.63) is 57.1 Å². The van der Waals surface area contributed by atoms with Crippen LogP contribution in [0.1, 0.15) is 5.69 Å². The zero-order valence-corrected chi connectivity index (χ0v) is 10.8. The Hall–Kier alpha value is -2.02. The molecule has 1 N–H and O–H groups in total. The summed E-state index contributed by atoms with van der Waals surface area (Å²) in [6, 6.07) is 6.34. The number of benzene rings is 1. The van der Waals surface area contributed by atoms with Gasteiger partial charge in [0.15, 0.2) is 0 Å². The zero-order valence-electron chi connectivity index (χ0n) is 9.21. The second-order valence-corrected chi connectivity index (χ2v) is 4.33. The van der Waals surface area contributed by atoms with Gasteiger partial charge in [-0.1, -0.05) is 0 Å². The van der Waals surface area contributed by atoms with E-state index in [1.54, 1.807) is 18.3 Å². The lowest BCUT2D eigenvalue weighted by molar-refractivity contribution is -0.384. The summed E-state index contributed by atoms with van der Waals surface area (Å²) in [4.78, 5) is 18.1. The van der Waals surface area contributed by atoms with Gasteiger partial charge in [0.2, 0.25) is 0 Å². The number of anilines is 1. The fourth-order valence-electron chi connectivity index (χ4n) is 1.37. The van der Waals surface area contributed by atoms with Crippen molar-refractivity contribution in [3.8, 4) is 0 Å². The summed E-state index contributed by atoms with van der Waals surface area (Å²) in [5, 5.41) is 13.8. The van der Waals surface area contributed by atoms with E-state index in [0.717, 1.165) is 10.2 Å². The molecule has 0 aliphatic heterocycles. The third-order valence-corrected chi connectivity index (χ3v) is 2.96. The summed E-state index contributed by atoms with van der Waals surface area (Å²) in [5.41, 5.74) is 1.51. The Morgan fingerprint density at radius 2 is 2.22 bits per heavy atom. The molecule has 0 atom stereocenters. The number of nitro benzene ring substituents is 1. The second kappa shape index (κ2) is 5.54. The van der Waals surface area contributed by atoms with Crippen molar-refractivity contribution in [3.63, 3.8) is 0 Å². The number of nitrogens with zero attached hydrogens (tertiary/aromatic N) is 3. The monoisotopic (exact) mass is 308 g/mol. The Morgan fingerprint density at radius 3 is 2.89 bits per heavy atom. The average molecular weight is 309 g/mol. The molecule has 0 amide bonds. The van der Waals surface area contributed by atoms with Gasteiger partial charge >= 0.3 is 0 Å². The lowest BCUT2D eigenvalue weighted by Gasteiger charge is -2.07. The molecule has 0 radical (unpaired) electrons. The molecule has 0 bridgehead atoms. The van der Waals surface area contributed by atoms with Crippen molar-refractivity contribution in [1.29, 1.82) is 0 Å². The molecule has 0 fully saturated rings. The van der Waals surface area contributed by atoms with Gasteiger partial charge in [0.25, 0.3) is 5.69 Å². The Morgan fingerprint density at radius 1 is 1.39 bits per heavy atom. The number of halogens is 1. The van der Waals surface area contributed by atoms with Crippen LogP contribution in [0.4, 0.5) is 11.4 Å². The summed E-state index contributed by atoms with van der Waals surface area (Å²) in [6.45, 7) is 0.474. The van der Waals surface area contributed by atoms with Crippen LogP contribution >= 0.6 is 15.9 Å². The number of non-ortho nitro benzene ring substituents is 1. The lowest BCUT2D eigenvalue weighted by atomic mass is 10.2. The SMILES string of the molecule is O=[N+]([O-])c1ccc(Br)c(NCc2ccncn2)c1. The molecular formula is C11H9BrN4O2. The van der Waals surface area contributed by atoms with Gasteiger partial charge in [0.05, 0.1) is 22.8 Å². The van der Waals surface area contributed by atoms with E-state index < -0.39 is 4.92 Å². The van der Waals surface area contributed by atoms with Gasteiger partial charge in [-0.05, 0) is 28.1 Å². The van der Waals surface area contributed by atoms with Crippen LogP contribution in [0.5, 0.6) is 0 Å². The highest BCUT2D eigenvalue weighted by atomic mass is 79.9. The minimum Gasteiger partial charge on any atom is -0.378 e. The van der Waals surface area contributed by atoms with Crippen molar-refractivity contribution in [1.82, 2.24) is 9.97 Å². The highest BCUT2D eigenvalue weighted by Gasteiger charge is 2.09. The van der Waals surface area contributed by atoms with Crippen LogP contribution in [0, 0.1) is 10.1 Å². The first-order valence-electron chi connectivity index (χ1n) is 5.09. The summed E-state index contributed by atoms with van der Waals surface area (Å²) < 4.78 is 0.766. The molecule has 0 unspecified atom stereocenters. The fourth-order valence-corrected chi connectivity index (χ4v) is 1.76. The number of hydrogen-bond acceptors (Lipinski definition) is 5. The maximum Gasteiger partial charge on any atom is 0.271 e. The van der Waals surface area contributed by atoms with Crippen molar-refractivity contribution < 1.29 is 4.92 Å². The van der Waals surface area contributed by atoms with Crippen LogP contribution in [0.25, 0.3) is 0 Å². The Kier molecular flexibility index (Phi) is 3.83. The Balaban J connectivity index is 2.14. The molecule has 6 nitrogen and oxygen atoms in total. The lowest BCUT2D eigenvalue weighted by Crippen LogP contribution is -2.02. The quantitative estimate of drug-likeness (QED) is 0.694. The molecule has 7 heteroatoms. The van der Waals surface area contributed by atoms with E-state index in [2.05, 4.69) is 31.2 Å². The van der Waals surface area contributed by atoms with Crippen LogP contribution in [0.3, 0.4) is 0 Å². The first-order valence-corrected chi connectivity index (χ1v) is 5.89. The van der Waals surface area contributed by atoms with Crippen LogP contribution < -0.4 is 5.32 Å². The zero-order chi connectivity index (χ0) is 13.0. The number of hydrogen-bond donors (Lipinski definition) is 1. The number of nitro groups is 1. The number of nitrogens with one attached hydrogen (secondary N) is 1. The van der Waals surface area contributed by atoms with Gasteiger partial charge < -0.3 is 5.32 Å². The smallest absolute Gasteiger partial charge is 0.271 e. The molecule has 2 aromatic rings.